The van der Waals surface area contributed by atoms with Gasteiger partial charge in [0.05, 0.1) is 5.02 Å². The maximum atomic E-state index is 12.1. The summed E-state index contributed by atoms with van der Waals surface area (Å²) in [5, 5.41) is 3.82. The van der Waals surface area contributed by atoms with Gasteiger partial charge in [0.1, 0.15) is 5.75 Å². The molecule has 0 bridgehead atoms. The van der Waals surface area contributed by atoms with Gasteiger partial charge in [-0.05, 0) is 59.3 Å². The van der Waals surface area contributed by atoms with E-state index >= 15 is 0 Å². The average molecular weight is 389 g/mol. The number of amides is 1. The molecule has 0 aliphatic carbocycles. The van der Waals surface area contributed by atoms with E-state index in [1.165, 1.54) is 0 Å². The Kier molecular flexibility index (Phi) is 5.51. The van der Waals surface area contributed by atoms with Crippen molar-refractivity contribution in [2.75, 3.05) is 5.32 Å². The van der Waals surface area contributed by atoms with E-state index < -0.39 is 6.10 Å². The van der Waals surface area contributed by atoms with Crippen molar-refractivity contribution in [1.82, 2.24) is 0 Å². The largest absolute Gasteiger partial charge is 0.481 e. The molecular weight excluding hydrogens is 377 g/mol. The van der Waals surface area contributed by atoms with Gasteiger partial charge in [0.25, 0.3) is 5.91 Å². The first-order valence-corrected chi connectivity index (χ1v) is 7.69. The van der Waals surface area contributed by atoms with Gasteiger partial charge < -0.3 is 10.1 Å². The van der Waals surface area contributed by atoms with Crippen LogP contribution in [-0.4, -0.2) is 12.0 Å². The molecule has 1 amide bonds. The second-order valence-corrected chi connectivity index (χ2v) is 6.03. The predicted molar refractivity (Wildman–Crippen MR) is 89.3 cm³/mol. The lowest BCUT2D eigenvalue weighted by Gasteiger charge is -2.15. The minimum atomic E-state index is -0.661. The summed E-state index contributed by atoms with van der Waals surface area (Å²) in [6.07, 6.45) is -0.661. The van der Waals surface area contributed by atoms with E-state index in [-0.39, 0.29) is 5.91 Å². The van der Waals surface area contributed by atoms with Crippen LogP contribution in [0.1, 0.15) is 6.92 Å². The first-order chi connectivity index (χ1) is 9.95. The van der Waals surface area contributed by atoms with Gasteiger partial charge >= 0.3 is 0 Å². The highest BCUT2D eigenvalue weighted by Crippen LogP contribution is 2.25. The summed E-state index contributed by atoms with van der Waals surface area (Å²) in [5.74, 6) is 0.271. The third-order valence-electron chi connectivity index (χ3n) is 2.67. The SMILES string of the molecule is C[C@H](Oc1cccc(Cl)c1)C(=O)Nc1ccc(Br)c(Cl)c1. The molecule has 6 heteroatoms. The van der Waals surface area contributed by atoms with Crippen LogP contribution < -0.4 is 10.1 Å². The third-order valence-corrected chi connectivity index (χ3v) is 4.13. The number of ether oxygens (including phenoxy) is 1. The summed E-state index contributed by atoms with van der Waals surface area (Å²) in [7, 11) is 0. The number of anilines is 1. The lowest BCUT2D eigenvalue weighted by Crippen LogP contribution is -2.30. The Hall–Kier alpha value is -1.23. The molecule has 0 unspecified atom stereocenters. The number of carbonyl (C=O) groups is 1. The van der Waals surface area contributed by atoms with Crippen molar-refractivity contribution in [3.05, 3.63) is 57.0 Å². The number of hydrogen-bond donors (Lipinski definition) is 1. The molecule has 110 valence electrons. The Morgan fingerprint density at radius 3 is 2.67 bits per heavy atom. The van der Waals surface area contributed by atoms with Crippen molar-refractivity contribution in [3.63, 3.8) is 0 Å². The van der Waals surface area contributed by atoms with E-state index in [0.29, 0.717) is 21.5 Å². The minimum absolute atomic E-state index is 0.270. The molecule has 0 spiro atoms. The van der Waals surface area contributed by atoms with Gasteiger partial charge in [0, 0.05) is 15.2 Å². The molecule has 2 aromatic rings. The standard InChI is InChI=1S/C15H12BrCl2NO2/c1-9(21-12-4-2-3-10(17)7-12)15(20)19-11-5-6-13(16)14(18)8-11/h2-9H,1H3,(H,19,20)/t9-/m0/s1. The summed E-state index contributed by atoms with van der Waals surface area (Å²) < 4.78 is 6.31. The number of halogens is 3. The van der Waals surface area contributed by atoms with Crippen molar-refractivity contribution in [2.24, 2.45) is 0 Å². The molecule has 2 aromatic carbocycles. The van der Waals surface area contributed by atoms with Crippen LogP contribution in [0.3, 0.4) is 0 Å². The van der Waals surface area contributed by atoms with Crippen molar-refractivity contribution < 1.29 is 9.53 Å². The molecule has 0 aliphatic rings. The van der Waals surface area contributed by atoms with Crippen molar-refractivity contribution in [1.29, 1.82) is 0 Å². The number of nitrogens with one attached hydrogen (secondary N) is 1. The van der Waals surface area contributed by atoms with Gasteiger partial charge in [0.15, 0.2) is 6.10 Å². The fourth-order valence-electron chi connectivity index (χ4n) is 1.62. The van der Waals surface area contributed by atoms with Gasteiger partial charge in [-0.3, -0.25) is 4.79 Å². The van der Waals surface area contributed by atoms with Crippen LogP contribution in [-0.2, 0) is 4.79 Å². The lowest BCUT2D eigenvalue weighted by molar-refractivity contribution is -0.122. The van der Waals surface area contributed by atoms with Gasteiger partial charge in [0.2, 0.25) is 0 Å². The van der Waals surface area contributed by atoms with E-state index in [4.69, 9.17) is 27.9 Å². The van der Waals surface area contributed by atoms with Crippen LogP contribution in [0.2, 0.25) is 10.0 Å². The Morgan fingerprint density at radius 1 is 1.24 bits per heavy atom. The molecule has 21 heavy (non-hydrogen) atoms. The fraction of sp³-hybridized carbons (Fsp3) is 0.133. The van der Waals surface area contributed by atoms with E-state index in [0.717, 1.165) is 4.47 Å². The van der Waals surface area contributed by atoms with E-state index in [1.807, 2.05) is 0 Å². The summed E-state index contributed by atoms with van der Waals surface area (Å²) in [6, 6.07) is 12.1. The zero-order valence-corrected chi connectivity index (χ0v) is 14.2. The third kappa shape index (κ3) is 4.63. The van der Waals surface area contributed by atoms with E-state index in [2.05, 4.69) is 21.2 Å². The fourth-order valence-corrected chi connectivity index (χ4v) is 2.22. The van der Waals surface area contributed by atoms with Crippen LogP contribution in [0.25, 0.3) is 0 Å². The van der Waals surface area contributed by atoms with Crippen LogP contribution in [0.5, 0.6) is 5.75 Å². The molecule has 0 fully saturated rings. The van der Waals surface area contributed by atoms with Crippen LogP contribution in [0.4, 0.5) is 5.69 Å². The van der Waals surface area contributed by atoms with Gasteiger partial charge in [-0.15, -0.1) is 0 Å². The maximum Gasteiger partial charge on any atom is 0.265 e. The Morgan fingerprint density at radius 2 is 2.00 bits per heavy atom. The zero-order valence-electron chi connectivity index (χ0n) is 11.1. The monoisotopic (exact) mass is 387 g/mol. The molecule has 0 saturated carbocycles. The average Bonchev–Trinajstić information content (AvgIpc) is 2.43. The number of benzene rings is 2. The Bertz CT molecular complexity index is 664. The minimum Gasteiger partial charge on any atom is -0.481 e. The highest BCUT2D eigenvalue weighted by Gasteiger charge is 2.15. The molecule has 2 rings (SSSR count). The first kappa shape index (κ1) is 16.1. The van der Waals surface area contributed by atoms with Gasteiger partial charge in [-0.2, -0.15) is 0 Å². The van der Waals surface area contributed by atoms with Gasteiger partial charge in [-0.1, -0.05) is 29.3 Å². The lowest BCUT2D eigenvalue weighted by atomic mass is 10.3. The summed E-state index contributed by atoms with van der Waals surface area (Å²) >= 11 is 15.1. The van der Waals surface area contributed by atoms with Crippen LogP contribution >= 0.6 is 39.1 Å². The Labute approximate surface area is 141 Å². The molecule has 1 N–H and O–H groups in total. The van der Waals surface area contributed by atoms with Gasteiger partial charge in [-0.25, -0.2) is 0 Å². The first-order valence-electron chi connectivity index (χ1n) is 6.14. The van der Waals surface area contributed by atoms with Crippen LogP contribution in [0, 0.1) is 0 Å². The quantitative estimate of drug-likeness (QED) is 0.785. The van der Waals surface area contributed by atoms with Crippen molar-refractivity contribution in [3.8, 4) is 5.75 Å². The highest BCUT2D eigenvalue weighted by molar-refractivity contribution is 9.10. The molecular formula is C15H12BrCl2NO2. The topological polar surface area (TPSA) is 38.3 Å². The summed E-state index contributed by atoms with van der Waals surface area (Å²) in [4.78, 5) is 12.1. The number of rotatable bonds is 4. The second kappa shape index (κ2) is 7.16. The van der Waals surface area contributed by atoms with E-state index in [9.17, 15) is 4.79 Å². The van der Waals surface area contributed by atoms with E-state index in [1.54, 1.807) is 49.4 Å². The second-order valence-electron chi connectivity index (χ2n) is 4.34. The predicted octanol–water partition coefficient (Wildman–Crippen LogP) is 5.16. The molecule has 3 nitrogen and oxygen atoms in total. The molecule has 0 saturated heterocycles. The maximum absolute atomic E-state index is 12.1. The van der Waals surface area contributed by atoms with Crippen molar-refractivity contribution >= 4 is 50.7 Å². The molecule has 0 aromatic heterocycles. The normalized spacial score (nSPS) is 11.8. The van der Waals surface area contributed by atoms with Crippen LogP contribution in [0.15, 0.2) is 46.9 Å². The summed E-state index contributed by atoms with van der Waals surface area (Å²) in [5.41, 5.74) is 0.606. The zero-order chi connectivity index (χ0) is 15.4. The summed E-state index contributed by atoms with van der Waals surface area (Å²) in [6.45, 7) is 1.66. The molecule has 1 atom stereocenters. The number of carbonyl (C=O) groups excluding carboxylic acids is 1. The highest BCUT2D eigenvalue weighted by atomic mass is 79.9. The number of hydrogen-bond acceptors (Lipinski definition) is 2. The Balaban J connectivity index is 2.00. The molecule has 0 radical (unpaired) electrons. The molecule has 0 aliphatic heterocycles. The molecule has 0 heterocycles. The smallest absolute Gasteiger partial charge is 0.265 e. The van der Waals surface area contributed by atoms with Crippen molar-refractivity contribution in [2.45, 2.75) is 13.0 Å².